The molecule has 1 saturated heterocycles. The van der Waals surface area contributed by atoms with Gasteiger partial charge in [0.25, 0.3) is 11.7 Å². The molecule has 0 N–H and O–H groups in total. The number of methoxy groups -OCH3 is 1. The zero-order chi connectivity index (χ0) is 24.0. The van der Waals surface area contributed by atoms with E-state index in [1.165, 1.54) is 11.3 Å². The van der Waals surface area contributed by atoms with E-state index < -0.39 is 0 Å². The second-order valence-corrected chi connectivity index (χ2v) is 9.51. The molecule has 7 nitrogen and oxygen atoms in total. The Balaban J connectivity index is 1.29. The predicted molar refractivity (Wildman–Crippen MR) is 129 cm³/mol. The van der Waals surface area contributed by atoms with Gasteiger partial charge in [-0.3, -0.25) is 9.59 Å². The number of rotatable bonds is 6. The van der Waals surface area contributed by atoms with Crippen LogP contribution >= 0.6 is 0 Å². The Kier molecular flexibility index (Phi) is 5.42. The van der Waals surface area contributed by atoms with Crippen LogP contribution in [0.5, 0.6) is 5.75 Å². The molecule has 2 unspecified atom stereocenters. The number of fused-ring (bicyclic) bond motifs is 3. The summed E-state index contributed by atoms with van der Waals surface area (Å²) in [5.41, 5.74) is 3.11. The maximum absolute atomic E-state index is 13.5. The van der Waals surface area contributed by atoms with Crippen LogP contribution in [0.3, 0.4) is 0 Å². The van der Waals surface area contributed by atoms with E-state index in [0.29, 0.717) is 5.56 Å². The van der Waals surface area contributed by atoms with Crippen molar-refractivity contribution in [3.63, 3.8) is 0 Å². The summed E-state index contributed by atoms with van der Waals surface area (Å²) in [6.07, 6.45) is 4.73. The molecule has 1 amide bonds. The van der Waals surface area contributed by atoms with Gasteiger partial charge in [0.15, 0.2) is 13.1 Å². The van der Waals surface area contributed by atoms with E-state index in [0.717, 1.165) is 24.5 Å². The minimum atomic E-state index is -0.0581. The van der Waals surface area contributed by atoms with Crippen molar-refractivity contribution in [3.05, 3.63) is 77.9 Å². The lowest BCUT2D eigenvalue weighted by Crippen LogP contribution is -2.50. The molecule has 0 radical (unpaired) electrons. The average molecular weight is 460 g/mol. The van der Waals surface area contributed by atoms with Crippen molar-refractivity contribution in [2.45, 2.75) is 44.9 Å². The topological polar surface area (TPSA) is 58.7 Å². The number of likely N-dealkylation sites (tertiary alicyclic amines) is 1. The Morgan fingerprint density at radius 3 is 2.62 bits per heavy atom. The Hall–Kier alpha value is -3.61. The van der Waals surface area contributed by atoms with Crippen LogP contribution in [-0.2, 0) is 23.3 Å². The van der Waals surface area contributed by atoms with Crippen molar-refractivity contribution >= 4 is 17.4 Å². The predicted octanol–water partition coefficient (Wildman–Crippen LogP) is 2.94. The second-order valence-electron chi connectivity index (χ2n) is 9.51. The lowest BCUT2D eigenvalue weighted by Gasteiger charge is -2.34. The summed E-state index contributed by atoms with van der Waals surface area (Å²) in [6, 6.07) is 15.6. The number of amides is 1. The number of benzene rings is 2. The number of carbonyl (C=O) groups excluding carboxylic acids is 2. The molecular formula is C27H31N4O3+. The van der Waals surface area contributed by atoms with E-state index in [-0.39, 0.29) is 36.4 Å². The summed E-state index contributed by atoms with van der Waals surface area (Å²) in [5, 5.41) is 0. The van der Waals surface area contributed by atoms with Gasteiger partial charge >= 0.3 is 0 Å². The first-order valence-corrected chi connectivity index (χ1v) is 11.7. The first-order valence-electron chi connectivity index (χ1n) is 11.7. The van der Waals surface area contributed by atoms with Crippen LogP contribution in [0.1, 0.15) is 35.1 Å². The summed E-state index contributed by atoms with van der Waals surface area (Å²) in [5.74, 6) is 1.71. The van der Waals surface area contributed by atoms with Gasteiger partial charge in [-0.15, -0.1) is 0 Å². The smallest absolute Gasteiger partial charge is 0.266 e. The van der Waals surface area contributed by atoms with Crippen LogP contribution in [0.2, 0.25) is 0 Å². The van der Waals surface area contributed by atoms with Crippen molar-refractivity contribution in [2.24, 2.45) is 0 Å². The molecule has 2 atom stereocenters. The third kappa shape index (κ3) is 3.47. The molecule has 2 aromatic carbocycles. The van der Waals surface area contributed by atoms with Gasteiger partial charge in [-0.1, -0.05) is 25.1 Å². The SMILES string of the molecule is COc1ccc(C(=O)C[n+]2ccn(CC(=O)N3CCC4(C)c5ccccc5N(C)C34)c2C)cc1. The highest BCUT2D eigenvalue weighted by atomic mass is 16.5. The van der Waals surface area contributed by atoms with Gasteiger partial charge in [-0.2, -0.15) is 0 Å². The van der Waals surface area contributed by atoms with Crippen LogP contribution in [0.4, 0.5) is 5.69 Å². The number of nitrogens with zero attached hydrogens (tertiary/aromatic N) is 4. The number of likely N-dealkylation sites (N-methyl/N-ethyl adjacent to an activating group) is 1. The zero-order valence-electron chi connectivity index (χ0n) is 20.2. The molecule has 1 fully saturated rings. The van der Waals surface area contributed by atoms with Gasteiger partial charge in [0, 0.05) is 37.2 Å². The molecule has 0 spiro atoms. The Bertz CT molecular complexity index is 1250. The number of hydrogen-bond acceptors (Lipinski definition) is 4. The minimum absolute atomic E-state index is 0.0143. The summed E-state index contributed by atoms with van der Waals surface area (Å²) < 4.78 is 8.99. The Labute approximate surface area is 200 Å². The maximum Gasteiger partial charge on any atom is 0.266 e. The van der Waals surface area contributed by atoms with E-state index in [4.69, 9.17) is 4.74 Å². The highest BCUT2D eigenvalue weighted by molar-refractivity contribution is 5.95. The molecule has 7 heteroatoms. The van der Waals surface area contributed by atoms with Crippen molar-refractivity contribution in [2.75, 3.05) is 25.6 Å². The van der Waals surface area contributed by atoms with Crippen LogP contribution in [0, 0.1) is 6.92 Å². The molecule has 34 heavy (non-hydrogen) atoms. The number of para-hydroxylation sites is 1. The van der Waals surface area contributed by atoms with E-state index in [9.17, 15) is 9.59 Å². The molecule has 0 bridgehead atoms. The number of aromatic nitrogens is 2. The molecule has 0 saturated carbocycles. The number of imidazole rings is 1. The van der Waals surface area contributed by atoms with Crippen LogP contribution in [-0.4, -0.2) is 48.0 Å². The number of carbonyl (C=O) groups is 2. The molecule has 3 aromatic rings. The molecule has 176 valence electrons. The number of anilines is 1. The molecular weight excluding hydrogens is 428 g/mol. The van der Waals surface area contributed by atoms with E-state index in [1.54, 1.807) is 31.4 Å². The fourth-order valence-electron chi connectivity index (χ4n) is 5.65. The zero-order valence-corrected chi connectivity index (χ0v) is 20.2. The summed E-state index contributed by atoms with van der Waals surface area (Å²) in [4.78, 5) is 30.5. The van der Waals surface area contributed by atoms with E-state index in [2.05, 4.69) is 43.1 Å². The lowest BCUT2D eigenvalue weighted by molar-refractivity contribution is -0.688. The Morgan fingerprint density at radius 1 is 1.15 bits per heavy atom. The fraction of sp³-hybridized carbons (Fsp3) is 0.370. The number of hydrogen-bond donors (Lipinski definition) is 0. The lowest BCUT2D eigenvalue weighted by atomic mass is 9.81. The van der Waals surface area contributed by atoms with Gasteiger partial charge in [0.05, 0.1) is 7.11 Å². The Morgan fingerprint density at radius 2 is 1.88 bits per heavy atom. The molecule has 5 rings (SSSR count). The molecule has 0 aliphatic carbocycles. The van der Waals surface area contributed by atoms with Crippen LogP contribution < -0.4 is 14.2 Å². The molecule has 2 aliphatic rings. The number of Topliss-reactive ketones (excluding diaryl/α,β-unsaturated/α-hetero) is 1. The fourth-order valence-corrected chi connectivity index (χ4v) is 5.65. The standard InChI is InChI=1S/C27H31N4O3/c1-19-29(17-24(32)20-9-11-21(34-4)12-10-20)15-16-30(19)18-25(33)31-14-13-27(2)22-7-5-6-8-23(22)28(3)26(27)31/h5-12,15-16,26H,13-14,17-18H2,1-4H3/q+1. The number of ether oxygens (including phenoxy) is 1. The average Bonchev–Trinajstić information content (AvgIpc) is 3.45. The third-order valence-electron chi connectivity index (χ3n) is 7.61. The van der Waals surface area contributed by atoms with Gasteiger partial charge in [0.2, 0.25) is 5.78 Å². The van der Waals surface area contributed by atoms with Crippen molar-refractivity contribution in [1.82, 2.24) is 9.47 Å². The van der Waals surface area contributed by atoms with Crippen molar-refractivity contribution in [1.29, 1.82) is 0 Å². The van der Waals surface area contributed by atoms with Gasteiger partial charge in [-0.05, 0) is 42.3 Å². The molecule has 2 aliphatic heterocycles. The molecule has 3 heterocycles. The minimum Gasteiger partial charge on any atom is -0.497 e. The van der Waals surface area contributed by atoms with Crippen LogP contribution in [0.25, 0.3) is 0 Å². The van der Waals surface area contributed by atoms with Crippen LogP contribution in [0.15, 0.2) is 60.9 Å². The van der Waals surface area contributed by atoms with Gasteiger partial charge < -0.3 is 14.5 Å². The highest BCUT2D eigenvalue weighted by Gasteiger charge is 2.54. The normalized spacial score (nSPS) is 20.9. The van der Waals surface area contributed by atoms with E-state index >= 15 is 0 Å². The largest absolute Gasteiger partial charge is 0.497 e. The summed E-state index contributed by atoms with van der Waals surface area (Å²) in [7, 11) is 3.69. The van der Waals surface area contributed by atoms with Gasteiger partial charge in [-0.25, -0.2) is 9.13 Å². The number of ketones is 1. The maximum atomic E-state index is 13.5. The monoisotopic (exact) mass is 459 g/mol. The van der Waals surface area contributed by atoms with Gasteiger partial charge in [0.1, 0.15) is 24.3 Å². The summed E-state index contributed by atoms with van der Waals surface area (Å²) in [6.45, 7) is 5.44. The van der Waals surface area contributed by atoms with Crippen molar-refractivity contribution in [3.8, 4) is 5.75 Å². The summed E-state index contributed by atoms with van der Waals surface area (Å²) >= 11 is 0. The first-order chi connectivity index (χ1) is 16.3. The third-order valence-corrected chi connectivity index (χ3v) is 7.61. The van der Waals surface area contributed by atoms with Crippen molar-refractivity contribution < 1.29 is 18.9 Å². The highest BCUT2D eigenvalue weighted by Crippen LogP contribution is 2.51. The molecule has 1 aromatic heterocycles. The van der Waals surface area contributed by atoms with E-state index in [1.807, 2.05) is 33.4 Å². The second kappa shape index (κ2) is 8.31. The quantitative estimate of drug-likeness (QED) is 0.420. The first kappa shape index (κ1) is 22.2.